The lowest BCUT2D eigenvalue weighted by molar-refractivity contribution is -0.0417. The van der Waals surface area contributed by atoms with Crippen molar-refractivity contribution in [1.29, 1.82) is 0 Å². The van der Waals surface area contributed by atoms with Crippen molar-refractivity contribution in [2.45, 2.75) is 19.3 Å². The first kappa shape index (κ1) is 14.2. The Hall–Kier alpha value is -1.74. The minimum atomic E-state index is -1.76. The molecule has 2 aliphatic heterocycles. The van der Waals surface area contributed by atoms with Gasteiger partial charge in [0.05, 0.1) is 17.4 Å². The highest BCUT2D eigenvalue weighted by atomic mass is 31.1. The van der Waals surface area contributed by atoms with Gasteiger partial charge in [-0.1, -0.05) is 5.92 Å². The quantitative estimate of drug-likeness (QED) is 0.601. The molecule has 5 atom stereocenters. The zero-order chi connectivity index (χ0) is 15.2. The molecule has 0 amide bonds. The summed E-state index contributed by atoms with van der Waals surface area (Å²) in [5.74, 6) is 2.53. The summed E-state index contributed by atoms with van der Waals surface area (Å²) in [6.45, 7) is 1.99. The van der Waals surface area contributed by atoms with E-state index in [0.717, 1.165) is 0 Å². The molecule has 0 aliphatic carbocycles. The SMILES string of the molecule is C#C[C@]1(C)[C@@H]2C[P+](=O)OC[C@H]2O[C@H]1n1ccc(=O)[nH]c1=O. The maximum Gasteiger partial charge on any atom is 0.508 e. The molecule has 8 heteroatoms. The molecule has 3 heterocycles. The van der Waals surface area contributed by atoms with Gasteiger partial charge in [0.1, 0.15) is 6.61 Å². The number of aromatic nitrogens is 2. The zero-order valence-corrected chi connectivity index (χ0v) is 12.2. The molecule has 110 valence electrons. The van der Waals surface area contributed by atoms with Crippen LogP contribution in [0.2, 0.25) is 0 Å². The van der Waals surface area contributed by atoms with Gasteiger partial charge in [0.2, 0.25) is 0 Å². The predicted molar refractivity (Wildman–Crippen MR) is 74.1 cm³/mol. The van der Waals surface area contributed by atoms with Gasteiger partial charge in [-0.25, -0.2) is 4.79 Å². The average Bonchev–Trinajstić information content (AvgIpc) is 2.73. The van der Waals surface area contributed by atoms with Gasteiger partial charge in [-0.2, -0.15) is 0 Å². The van der Waals surface area contributed by atoms with E-state index in [0.29, 0.717) is 6.16 Å². The number of ether oxygens (including phenoxy) is 1. The summed E-state index contributed by atoms with van der Waals surface area (Å²) in [6.07, 6.45) is 6.29. The molecule has 0 saturated carbocycles. The maximum absolute atomic E-state index is 12.0. The van der Waals surface area contributed by atoms with Crippen LogP contribution < -0.4 is 11.2 Å². The summed E-state index contributed by atoms with van der Waals surface area (Å²) in [5.41, 5.74) is -1.87. The number of aromatic amines is 1. The van der Waals surface area contributed by atoms with Crippen molar-refractivity contribution in [3.8, 4) is 12.3 Å². The van der Waals surface area contributed by atoms with Crippen molar-refractivity contribution in [1.82, 2.24) is 9.55 Å². The van der Waals surface area contributed by atoms with Gasteiger partial charge >= 0.3 is 13.7 Å². The van der Waals surface area contributed by atoms with Gasteiger partial charge in [0.15, 0.2) is 12.4 Å². The fourth-order valence-corrected chi connectivity index (χ4v) is 4.30. The molecule has 7 nitrogen and oxygen atoms in total. The Labute approximate surface area is 121 Å². The lowest BCUT2D eigenvalue weighted by Crippen LogP contribution is -2.39. The predicted octanol–water partition coefficient (Wildman–Crippen LogP) is 0.462. The average molecular weight is 309 g/mol. The van der Waals surface area contributed by atoms with Crippen LogP contribution in [-0.4, -0.2) is 28.4 Å². The number of terminal acetylenes is 1. The molecule has 2 aliphatic rings. The molecule has 21 heavy (non-hydrogen) atoms. The second-order valence-electron chi connectivity index (χ2n) is 5.39. The van der Waals surface area contributed by atoms with Crippen LogP contribution in [0.1, 0.15) is 13.2 Å². The minimum Gasteiger partial charge on any atom is -0.350 e. The second kappa shape index (κ2) is 4.92. The molecule has 2 fully saturated rings. The van der Waals surface area contributed by atoms with Gasteiger partial charge in [-0.15, -0.1) is 10.9 Å². The van der Waals surface area contributed by atoms with E-state index in [1.54, 1.807) is 6.92 Å². The van der Waals surface area contributed by atoms with E-state index in [1.807, 2.05) is 0 Å². The zero-order valence-electron chi connectivity index (χ0n) is 11.3. The standard InChI is InChI=1S/C13H13N2O5P/c1-3-13(2)8-7-21(18)19-6-9(8)20-11(13)15-5-4-10(16)14-12(15)17/h1,4-5,8-9,11H,6-7H2,2H3/p+1/t8-,9-,11-,13-/m1/s1. The van der Waals surface area contributed by atoms with Gasteiger partial charge in [0, 0.05) is 12.3 Å². The van der Waals surface area contributed by atoms with E-state index in [9.17, 15) is 14.2 Å². The van der Waals surface area contributed by atoms with Crippen LogP contribution in [0.15, 0.2) is 21.9 Å². The maximum atomic E-state index is 12.0. The topological polar surface area (TPSA) is 90.4 Å². The number of nitrogens with one attached hydrogen (secondary N) is 1. The Morgan fingerprint density at radius 2 is 2.33 bits per heavy atom. The van der Waals surface area contributed by atoms with Gasteiger partial charge in [-0.3, -0.25) is 14.3 Å². The van der Waals surface area contributed by atoms with E-state index in [-0.39, 0.29) is 18.6 Å². The van der Waals surface area contributed by atoms with Gasteiger partial charge in [0.25, 0.3) is 5.56 Å². The molecule has 0 radical (unpaired) electrons. The number of fused-ring (bicyclic) bond motifs is 1. The van der Waals surface area contributed by atoms with E-state index in [1.165, 1.54) is 16.8 Å². The number of H-pyrrole nitrogens is 1. The van der Waals surface area contributed by atoms with Crippen molar-refractivity contribution in [3.05, 3.63) is 33.1 Å². The van der Waals surface area contributed by atoms with Crippen LogP contribution in [0, 0.1) is 23.7 Å². The summed E-state index contributed by atoms with van der Waals surface area (Å²) in [5, 5.41) is 0. The van der Waals surface area contributed by atoms with Crippen molar-refractivity contribution in [2.24, 2.45) is 11.3 Å². The second-order valence-corrected chi connectivity index (χ2v) is 6.68. The summed E-state index contributed by atoms with van der Waals surface area (Å²) < 4.78 is 23.9. The molecule has 1 N–H and O–H groups in total. The molecular weight excluding hydrogens is 295 g/mol. The van der Waals surface area contributed by atoms with E-state index in [4.69, 9.17) is 15.7 Å². The molecule has 1 aromatic rings. The Morgan fingerprint density at radius 3 is 3.00 bits per heavy atom. The van der Waals surface area contributed by atoms with Crippen molar-refractivity contribution in [3.63, 3.8) is 0 Å². The number of nitrogens with zero attached hydrogens (tertiary/aromatic N) is 1. The first-order valence-corrected chi connectivity index (χ1v) is 7.84. The molecule has 1 unspecified atom stereocenters. The fraction of sp³-hybridized carbons (Fsp3) is 0.538. The molecule has 0 aromatic carbocycles. The van der Waals surface area contributed by atoms with E-state index < -0.39 is 30.9 Å². The number of hydrogen-bond acceptors (Lipinski definition) is 5. The molecule has 3 rings (SSSR count). The van der Waals surface area contributed by atoms with E-state index in [2.05, 4.69) is 10.9 Å². The van der Waals surface area contributed by atoms with Crippen LogP contribution in [0.5, 0.6) is 0 Å². The molecule has 1 aromatic heterocycles. The van der Waals surface area contributed by atoms with Crippen LogP contribution >= 0.6 is 8.03 Å². The van der Waals surface area contributed by atoms with Gasteiger partial charge in [-0.05, 0) is 11.5 Å². The molecule has 2 saturated heterocycles. The van der Waals surface area contributed by atoms with Crippen LogP contribution in [-0.2, 0) is 13.8 Å². The minimum absolute atomic E-state index is 0.163. The highest BCUT2D eigenvalue weighted by Gasteiger charge is 2.59. The summed E-state index contributed by atoms with van der Waals surface area (Å²) in [6, 6.07) is 1.24. The third-order valence-electron chi connectivity index (χ3n) is 4.18. The molecular formula is C13H14N2O5P+. The lowest BCUT2D eigenvalue weighted by Gasteiger charge is -2.29. The Morgan fingerprint density at radius 1 is 1.57 bits per heavy atom. The van der Waals surface area contributed by atoms with Crippen molar-refractivity contribution >= 4 is 8.03 Å². The smallest absolute Gasteiger partial charge is 0.350 e. The summed E-state index contributed by atoms with van der Waals surface area (Å²) >= 11 is 0. The highest BCUT2D eigenvalue weighted by molar-refractivity contribution is 7.39. The molecule has 0 spiro atoms. The third-order valence-corrected chi connectivity index (χ3v) is 5.31. The Kier molecular flexibility index (Phi) is 3.33. The first-order chi connectivity index (χ1) is 9.95. The number of rotatable bonds is 1. The van der Waals surface area contributed by atoms with Crippen molar-refractivity contribution < 1.29 is 13.8 Å². The lowest BCUT2D eigenvalue weighted by atomic mass is 9.77. The number of hydrogen-bond donors (Lipinski definition) is 1. The molecule has 0 bridgehead atoms. The van der Waals surface area contributed by atoms with Crippen molar-refractivity contribution in [2.75, 3.05) is 12.8 Å². The first-order valence-electron chi connectivity index (χ1n) is 6.48. The van der Waals surface area contributed by atoms with Crippen LogP contribution in [0.4, 0.5) is 0 Å². The summed E-state index contributed by atoms with van der Waals surface area (Å²) in [7, 11) is -1.76. The monoisotopic (exact) mass is 309 g/mol. The van der Waals surface area contributed by atoms with E-state index >= 15 is 0 Å². The van der Waals surface area contributed by atoms with Gasteiger partial charge < -0.3 is 4.74 Å². The fourth-order valence-electron chi connectivity index (χ4n) is 2.95. The summed E-state index contributed by atoms with van der Waals surface area (Å²) in [4.78, 5) is 25.3. The normalized spacial score (nSPS) is 37.0. The Balaban J connectivity index is 2.07. The van der Waals surface area contributed by atoms with Crippen LogP contribution in [0.3, 0.4) is 0 Å². The van der Waals surface area contributed by atoms with Crippen LogP contribution in [0.25, 0.3) is 0 Å². The third kappa shape index (κ3) is 2.16. The highest BCUT2D eigenvalue weighted by Crippen LogP contribution is 2.54. The largest absolute Gasteiger partial charge is 0.508 e. The Bertz CT molecular complexity index is 748.